The smallest absolute Gasteiger partial charge is 0.00668 e. The highest BCUT2D eigenvalue weighted by molar-refractivity contribution is 4.77. The number of nitrogens with one attached hydrogen (secondary N) is 1. The lowest BCUT2D eigenvalue weighted by Gasteiger charge is -2.28. The zero-order valence-corrected chi connectivity index (χ0v) is 10.2. The quantitative estimate of drug-likeness (QED) is 0.679. The minimum absolute atomic E-state index is 0.697. The second kappa shape index (κ2) is 6.44. The highest BCUT2D eigenvalue weighted by Crippen LogP contribution is 2.30. The fraction of sp³-hybridized carbons (Fsp3) is 1.00. The Bertz CT molecular complexity index is 136. The highest BCUT2D eigenvalue weighted by atomic mass is 14.9. The molecule has 1 fully saturated rings. The summed E-state index contributed by atoms with van der Waals surface area (Å²) >= 11 is 0. The average molecular weight is 197 g/mol. The third-order valence-electron chi connectivity index (χ3n) is 3.96. The van der Waals surface area contributed by atoms with Gasteiger partial charge in [0.15, 0.2) is 0 Å². The van der Waals surface area contributed by atoms with E-state index in [-0.39, 0.29) is 0 Å². The summed E-state index contributed by atoms with van der Waals surface area (Å²) in [6, 6.07) is 0.697. The van der Waals surface area contributed by atoms with Crippen molar-refractivity contribution in [3.05, 3.63) is 0 Å². The first-order chi connectivity index (χ1) is 6.75. The first kappa shape index (κ1) is 12.0. The van der Waals surface area contributed by atoms with Crippen LogP contribution < -0.4 is 5.32 Å². The van der Waals surface area contributed by atoms with Crippen LogP contribution in [0.1, 0.15) is 59.3 Å². The molecule has 1 heteroatoms. The van der Waals surface area contributed by atoms with Crippen molar-refractivity contribution in [2.75, 3.05) is 6.54 Å². The Labute approximate surface area is 89.7 Å². The van der Waals surface area contributed by atoms with Crippen LogP contribution in [0.4, 0.5) is 0 Å². The lowest BCUT2D eigenvalue weighted by atomic mass is 9.83. The third-order valence-corrected chi connectivity index (χ3v) is 3.96. The standard InChI is InChI=1S/C13H27N/c1-4-14-12(3)11(2)13-9-7-5-6-8-10-13/h11-14H,4-10H2,1-3H3. The summed E-state index contributed by atoms with van der Waals surface area (Å²) in [5.74, 6) is 1.83. The van der Waals surface area contributed by atoms with Gasteiger partial charge in [0, 0.05) is 6.04 Å². The van der Waals surface area contributed by atoms with E-state index < -0.39 is 0 Å². The second-order valence-electron chi connectivity index (χ2n) is 4.96. The van der Waals surface area contributed by atoms with Crippen molar-refractivity contribution in [3.63, 3.8) is 0 Å². The molecule has 0 saturated heterocycles. The van der Waals surface area contributed by atoms with Crippen molar-refractivity contribution < 1.29 is 0 Å². The van der Waals surface area contributed by atoms with Crippen molar-refractivity contribution in [1.82, 2.24) is 5.32 Å². The van der Waals surface area contributed by atoms with Crippen LogP contribution in [0.3, 0.4) is 0 Å². The van der Waals surface area contributed by atoms with E-state index in [1.807, 2.05) is 0 Å². The van der Waals surface area contributed by atoms with Gasteiger partial charge in [-0.05, 0) is 25.3 Å². The highest BCUT2D eigenvalue weighted by Gasteiger charge is 2.22. The normalized spacial score (nSPS) is 24.2. The number of rotatable bonds is 4. The van der Waals surface area contributed by atoms with Gasteiger partial charge in [0.25, 0.3) is 0 Å². The monoisotopic (exact) mass is 197 g/mol. The van der Waals surface area contributed by atoms with Gasteiger partial charge in [-0.2, -0.15) is 0 Å². The molecule has 0 amide bonds. The maximum atomic E-state index is 3.56. The summed E-state index contributed by atoms with van der Waals surface area (Å²) < 4.78 is 0. The molecule has 0 aromatic carbocycles. The van der Waals surface area contributed by atoms with Gasteiger partial charge >= 0.3 is 0 Å². The van der Waals surface area contributed by atoms with Crippen molar-refractivity contribution in [3.8, 4) is 0 Å². The van der Waals surface area contributed by atoms with E-state index in [1.165, 1.54) is 38.5 Å². The molecule has 1 aliphatic carbocycles. The SMILES string of the molecule is CCNC(C)C(C)C1CCCCCC1. The summed E-state index contributed by atoms with van der Waals surface area (Å²) in [7, 11) is 0. The molecule has 84 valence electrons. The zero-order valence-electron chi connectivity index (χ0n) is 10.2. The summed E-state index contributed by atoms with van der Waals surface area (Å²) in [6.45, 7) is 8.09. The Morgan fingerprint density at radius 2 is 1.64 bits per heavy atom. The molecule has 2 unspecified atom stereocenters. The van der Waals surface area contributed by atoms with Crippen LogP contribution in [0, 0.1) is 11.8 Å². The number of hydrogen-bond donors (Lipinski definition) is 1. The molecular formula is C13H27N. The molecule has 2 atom stereocenters. The van der Waals surface area contributed by atoms with Crippen molar-refractivity contribution in [2.24, 2.45) is 11.8 Å². The topological polar surface area (TPSA) is 12.0 Å². The van der Waals surface area contributed by atoms with Gasteiger partial charge in [-0.15, -0.1) is 0 Å². The average Bonchev–Trinajstić information content (AvgIpc) is 2.45. The zero-order chi connectivity index (χ0) is 10.4. The largest absolute Gasteiger partial charge is 0.314 e. The Hall–Kier alpha value is -0.0400. The maximum Gasteiger partial charge on any atom is 0.00668 e. The molecule has 1 saturated carbocycles. The minimum Gasteiger partial charge on any atom is -0.314 e. The Morgan fingerprint density at radius 3 is 2.14 bits per heavy atom. The van der Waals surface area contributed by atoms with Gasteiger partial charge in [-0.1, -0.05) is 52.4 Å². The maximum absolute atomic E-state index is 3.56. The summed E-state index contributed by atoms with van der Waals surface area (Å²) in [6.07, 6.45) is 8.81. The van der Waals surface area contributed by atoms with E-state index in [1.54, 1.807) is 0 Å². The van der Waals surface area contributed by atoms with Crippen LogP contribution in [-0.2, 0) is 0 Å². The van der Waals surface area contributed by atoms with Crippen LogP contribution in [0.5, 0.6) is 0 Å². The molecule has 1 aliphatic rings. The molecule has 0 aromatic heterocycles. The van der Waals surface area contributed by atoms with Gasteiger partial charge in [0.05, 0.1) is 0 Å². The minimum atomic E-state index is 0.697. The Kier molecular flexibility index (Phi) is 5.54. The van der Waals surface area contributed by atoms with Crippen LogP contribution >= 0.6 is 0 Å². The van der Waals surface area contributed by atoms with E-state index in [0.717, 1.165) is 18.4 Å². The van der Waals surface area contributed by atoms with Gasteiger partial charge in [0.1, 0.15) is 0 Å². The summed E-state index contributed by atoms with van der Waals surface area (Å²) in [4.78, 5) is 0. The molecule has 1 N–H and O–H groups in total. The molecule has 0 heterocycles. The second-order valence-corrected chi connectivity index (χ2v) is 4.96. The Balaban J connectivity index is 2.36. The van der Waals surface area contributed by atoms with E-state index in [2.05, 4.69) is 26.1 Å². The molecule has 0 aromatic rings. The van der Waals surface area contributed by atoms with Crippen LogP contribution in [0.15, 0.2) is 0 Å². The summed E-state index contributed by atoms with van der Waals surface area (Å²) in [5, 5.41) is 3.56. The van der Waals surface area contributed by atoms with Crippen molar-refractivity contribution >= 4 is 0 Å². The number of hydrogen-bond acceptors (Lipinski definition) is 1. The lowest BCUT2D eigenvalue weighted by molar-refractivity contribution is 0.258. The van der Waals surface area contributed by atoms with E-state index in [4.69, 9.17) is 0 Å². The van der Waals surface area contributed by atoms with Crippen LogP contribution in [-0.4, -0.2) is 12.6 Å². The van der Waals surface area contributed by atoms with E-state index in [9.17, 15) is 0 Å². The van der Waals surface area contributed by atoms with Gasteiger partial charge in [0.2, 0.25) is 0 Å². The molecule has 0 radical (unpaired) electrons. The molecular weight excluding hydrogens is 170 g/mol. The van der Waals surface area contributed by atoms with Gasteiger partial charge < -0.3 is 5.32 Å². The summed E-state index contributed by atoms with van der Waals surface area (Å²) in [5.41, 5.74) is 0. The first-order valence-corrected chi connectivity index (χ1v) is 6.49. The lowest BCUT2D eigenvalue weighted by Crippen LogP contribution is -2.35. The first-order valence-electron chi connectivity index (χ1n) is 6.49. The molecule has 0 spiro atoms. The van der Waals surface area contributed by atoms with E-state index >= 15 is 0 Å². The molecule has 14 heavy (non-hydrogen) atoms. The molecule has 1 rings (SSSR count). The fourth-order valence-corrected chi connectivity index (χ4v) is 2.75. The predicted octanol–water partition coefficient (Wildman–Crippen LogP) is 3.59. The molecule has 0 aliphatic heterocycles. The third kappa shape index (κ3) is 3.61. The van der Waals surface area contributed by atoms with Gasteiger partial charge in [-0.3, -0.25) is 0 Å². The fourth-order valence-electron chi connectivity index (χ4n) is 2.75. The molecule has 0 bridgehead atoms. The Morgan fingerprint density at radius 1 is 1.07 bits per heavy atom. The van der Waals surface area contributed by atoms with Crippen LogP contribution in [0.2, 0.25) is 0 Å². The van der Waals surface area contributed by atoms with Crippen molar-refractivity contribution in [2.45, 2.75) is 65.3 Å². The van der Waals surface area contributed by atoms with Gasteiger partial charge in [-0.25, -0.2) is 0 Å². The van der Waals surface area contributed by atoms with Crippen LogP contribution in [0.25, 0.3) is 0 Å². The molecule has 1 nitrogen and oxygen atoms in total. The predicted molar refractivity (Wildman–Crippen MR) is 63.5 cm³/mol. The van der Waals surface area contributed by atoms with Crippen molar-refractivity contribution in [1.29, 1.82) is 0 Å². The van der Waals surface area contributed by atoms with E-state index in [0.29, 0.717) is 6.04 Å².